The zero-order valence-electron chi connectivity index (χ0n) is 30.1. The van der Waals surface area contributed by atoms with Crippen LogP contribution in [-0.2, 0) is 0 Å². The Labute approximate surface area is 322 Å². The highest BCUT2D eigenvalue weighted by molar-refractivity contribution is 6.19. The molecule has 0 bridgehead atoms. The molecule has 7 aromatic carbocycles. The fraction of sp³-hybridized carbons (Fsp3) is 0. The number of aromatic nitrogens is 3. The third-order valence-electron chi connectivity index (χ3n) is 10.6. The topological polar surface area (TPSA) is 65.0 Å². The molecule has 0 unspecified atom stereocenters. The molecule has 0 fully saturated rings. The molecule has 4 aromatic heterocycles. The third kappa shape index (κ3) is 5.29. The largest absolute Gasteiger partial charge is 0.455 e. The number of benzene rings is 7. The van der Waals surface area contributed by atoms with Crippen LogP contribution >= 0.6 is 0 Å². The molecule has 11 rings (SSSR count). The number of para-hydroxylation sites is 3. The molecule has 5 heteroatoms. The number of nitrogens with zero attached hydrogens (tertiary/aromatic N) is 3. The Balaban J connectivity index is 1.05. The predicted molar refractivity (Wildman–Crippen MR) is 227 cm³/mol. The summed E-state index contributed by atoms with van der Waals surface area (Å²) in [6.45, 7) is 0. The van der Waals surface area contributed by atoms with E-state index in [0.29, 0.717) is 5.82 Å². The summed E-state index contributed by atoms with van der Waals surface area (Å²) in [7, 11) is 0. The monoisotopic (exact) mass is 717 g/mol. The van der Waals surface area contributed by atoms with Gasteiger partial charge in [0.2, 0.25) is 0 Å². The van der Waals surface area contributed by atoms with Gasteiger partial charge in [-0.15, -0.1) is 0 Å². The Morgan fingerprint density at radius 2 is 0.929 bits per heavy atom. The molecule has 0 aliphatic rings. The molecule has 0 atom stereocenters. The van der Waals surface area contributed by atoms with Crippen LogP contribution in [0.3, 0.4) is 0 Å². The van der Waals surface area contributed by atoms with Gasteiger partial charge in [0, 0.05) is 61.1 Å². The minimum atomic E-state index is 0.644. The lowest BCUT2D eigenvalue weighted by Crippen LogP contribution is -1.98. The van der Waals surface area contributed by atoms with Crippen molar-refractivity contribution in [3.05, 3.63) is 188 Å². The molecular formula is C51H31N3O2. The Kier molecular flexibility index (Phi) is 7.42. The van der Waals surface area contributed by atoms with Gasteiger partial charge in [-0.25, -0.2) is 9.97 Å². The van der Waals surface area contributed by atoms with Crippen molar-refractivity contribution < 1.29 is 8.83 Å². The van der Waals surface area contributed by atoms with Gasteiger partial charge in [-0.2, -0.15) is 0 Å². The Bertz CT molecular complexity index is 3240. The van der Waals surface area contributed by atoms with E-state index in [1.807, 2.05) is 79.0 Å². The van der Waals surface area contributed by atoms with E-state index in [2.05, 4.69) is 114 Å². The van der Waals surface area contributed by atoms with Gasteiger partial charge in [-0.3, -0.25) is 4.98 Å². The normalized spacial score (nSPS) is 11.6. The first-order valence-corrected chi connectivity index (χ1v) is 18.7. The lowest BCUT2D eigenvalue weighted by atomic mass is 9.93. The van der Waals surface area contributed by atoms with E-state index in [9.17, 15) is 0 Å². The van der Waals surface area contributed by atoms with Gasteiger partial charge in [0.1, 0.15) is 22.3 Å². The maximum atomic E-state index is 6.71. The van der Waals surface area contributed by atoms with Crippen molar-refractivity contribution in [3.8, 4) is 67.4 Å². The van der Waals surface area contributed by atoms with E-state index in [1.165, 1.54) is 0 Å². The van der Waals surface area contributed by atoms with Crippen LogP contribution in [0.15, 0.2) is 197 Å². The maximum Gasteiger partial charge on any atom is 0.161 e. The molecule has 0 radical (unpaired) electrons. The second-order valence-corrected chi connectivity index (χ2v) is 13.9. The zero-order chi connectivity index (χ0) is 37.0. The Morgan fingerprint density at radius 1 is 0.339 bits per heavy atom. The molecule has 5 nitrogen and oxygen atoms in total. The molecule has 56 heavy (non-hydrogen) atoms. The van der Waals surface area contributed by atoms with Gasteiger partial charge in [0.25, 0.3) is 0 Å². The van der Waals surface area contributed by atoms with Gasteiger partial charge in [-0.05, 0) is 47.5 Å². The van der Waals surface area contributed by atoms with Crippen molar-refractivity contribution >= 4 is 43.9 Å². The lowest BCUT2D eigenvalue weighted by Gasteiger charge is -2.13. The summed E-state index contributed by atoms with van der Waals surface area (Å²) in [4.78, 5) is 14.9. The number of rotatable bonds is 6. The summed E-state index contributed by atoms with van der Waals surface area (Å²) in [6, 6.07) is 62.3. The molecule has 0 spiro atoms. The second kappa shape index (κ2) is 13.0. The number of pyridine rings is 1. The van der Waals surface area contributed by atoms with Crippen LogP contribution in [0.25, 0.3) is 111 Å². The van der Waals surface area contributed by atoms with Gasteiger partial charge in [0.15, 0.2) is 5.82 Å². The van der Waals surface area contributed by atoms with Crippen molar-refractivity contribution in [1.29, 1.82) is 0 Å². The molecule has 0 N–H and O–H groups in total. The van der Waals surface area contributed by atoms with Crippen LogP contribution in [0.2, 0.25) is 0 Å². The van der Waals surface area contributed by atoms with E-state index >= 15 is 0 Å². The van der Waals surface area contributed by atoms with Gasteiger partial charge in [-0.1, -0.05) is 146 Å². The lowest BCUT2D eigenvalue weighted by molar-refractivity contribution is 0.669. The summed E-state index contributed by atoms with van der Waals surface area (Å²) in [5, 5.41) is 4.34. The Morgan fingerprint density at radius 3 is 1.71 bits per heavy atom. The molecule has 0 aliphatic carbocycles. The van der Waals surface area contributed by atoms with E-state index in [0.717, 1.165) is 105 Å². The van der Waals surface area contributed by atoms with Gasteiger partial charge in [0.05, 0.1) is 17.1 Å². The molecule has 0 amide bonds. The van der Waals surface area contributed by atoms with E-state index in [1.54, 1.807) is 0 Å². The number of furan rings is 2. The molecule has 0 saturated heterocycles. The van der Waals surface area contributed by atoms with Crippen molar-refractivity contribution in [2.45, 2.75) is 0 Å². The SMILES string of the molecule is c1ccc(-c2cc(-c3ccc(-c4ccc(-c5cccc6c5oc5ccccc56)c5c4oc4ccccc45)cc3)nc(-c3ccccc3-c3ccccn3)n2)cc1. The van der Waals surface area contributed by atoms with E-state index < -0.39 is 0 Å². The number of fused-ring (bicyclic) bond motifs is 6. The van der Waals surface area contributed by atoms with Crippen LogP contribution in [0.5, 0.6) is 0 Å². The standard InChI is InChI=1S/C51H31N3O2/c1-2-13-33(14-3-1)44-31-45(54-51(53-44)41-17-5-4-15-36(41)43-21-10-11-30-52-43)34-26-24-32(25-27-34)35-28-29-38(48-42-18-7-9-23-47(42)56-50(35)48)40-20-12-19-39-37-16-6-8-22-46(37)55-49(39)40/h1-31H. The van der Waals surface area contributed by atoms with Crippen LogP contribution in [-0.4, -0.2) is 15.0 Å². The first-order chi connectivity index (χ1) is 27.8. The summed E-state index contributed by atoms with van der Waals surface area (Å²) in [5.41, 5.74) is 14.1. The highest BCUT2D eigenvalue weighted by atomic mass is 16.3. The minimum Gasteiger partial charge on any atom is -0.455 e. The average Bonchev–Trinajstić information content (AvgIpc) is 3.86. The zero-order valence-corrected chi connectivity index (χ0v) is 30.1. The quantitative estimate of drug-likeness (QED) is 0.171. The Hall–Kier alpha value is -7.63. The maximum absolute atomic E-state index is 6.71. The number of hydrogen-bond donors (Lipinski definition) is 0. The average molecular weight is 718 g/mol. The molecule has 11 aromatic rings. The molecular weight excluding hydrogens is 687 g/mol. The smallest absolute Gasteiger partial charge is 0.161 e. The van der Waals surface area contributed by atoms with Crippen LogP contribution < -0.4 is 0 Å². The van der Waals surface area contributed by atoms with Crippen molar-refractivity contribution in [1.82, 2.24) is 15.0 Å². The third-order valence-corrected chi connectivity index (χ3v) is 10.6. The summed E-state index contributed by atoms with van der Waals surface area (Å²) in [6.07, 6.45) is 1.81. The fourth-order valence-corrected chi connectivity index (χ4v) is 7.96. The first-order valence-electron chi connectivity index (χ1n) is 18.7. The fourth-order valence-electron chi connectivity index (χ4n) is 7.96. The van der Waals surface area contributed by atoms with Gasteiger partial charge >= 0.3 is 0 Å². The van der Waals surface area contributed by atoms with Gasteiger partial charge < -0.3 is 8.83 Å². The van der Waals surface area contributed by atoms with E-state index in [4.69, 9.17) is 18.8 Å². The molecule has 0 aliphatic heterocycles. The van der Waals surface area contributed by atoms with Crippen molar-refractivity contribution in [2.24, 2.45) is 0 Å². The summed E-state index contributed by atoms with van der Waals surface area (Å²) < 4.78 is 13.2. The highest BCUT2D eigenvalue weighted by Crippen LogP contribution is 2.45. The van der Waals surface area contributed by atoms with Crippen LogP contribution in [0.1, 0.15) is 0 Å². The molecule has 4 heterocycles. The van der Waals surface area contributed by atoms with Crippen LogP contribution in [0.4, 0.5) is 0 Å². The first kappa shape index (κ1) is 31.9. The van der Waals surface area contributed by atoms with Crippen LogP contribution in [0, 0.1) is 0 Å². The minimum absolute atomic E-state index is 0.644. The summed E-state index contributed by atoms with van der Waals surface area (Å²) >= 11 is 0. The van der Waals surface area contributed by atoms with E-state index in [-0.39, 0.29) is 0 Å². The predicted octanol–water partition coefficient (Wildman–Crippen LogP) is 13.7. The summed E-state index contributed by atoms with van der Waals surface area (Å²) in [5.74, 6) is 0.644. The molecule has 0 saturated carbocycles. The van der Waals surface area contributed by atoms with Crippen molar-refractivity contribution in [3.63, 3.8) is 0 Å². The highest BCUT2D eigenvalue weighted by Gasteiger charge is 2.21. The second-order valence-electron chi connectivity index (χ2n) is 13.9. The molecule has 262 valence electrons. The number of hydrogen-bond acceptors (Lipinski definition) is 5. The van der Waals surface area contributed by atoms with Crippen molar-refractivity contribution in [2.75, 3.05) is 0 Å².